The third kappa shape index (κ3) is 5.79. The summed E-state index contributed by atoms with van der Waals surface area (Å²) in [6.07, 6.45) is 7.76. The van der Waals surface area contributed by atoms with Gasteiger partial charge in [0.25, 0.3) is 11.8 Å². The lowest BCUT2D eigenvalue weighted by atomic mass is 9.71. The Kier molecular flexibility index (Phi) is 7.20. The van der Waals surface area contributed by atoms with Crippen molar-refractivity contribution in [1.82, 2.24) is 9.80 Å². The lowest BCUT2D eigenvalue weighted by molar-refractivity contribution is -0.605. The first-order chi connectivity index (χ1) is 19.7. The number of benzene rings is 2. The predicted octanol–water partition coefficient (Wildman–Crippen LogP) is 4.80. The minimum Gasteiger partial charge on any atom is -0.619 e. The molecule has 214 valence electrons. The van der Waals surface area contributed by atoms with Gasteiger partial charge >= 0.3 is 0 Å². The Morgan fingerprint density at radius 1 is 0.951 bits per heavy atom. The van der Waals surface area contributed by atoms with E-state index in [9.17, 15) is 14.8 Å². The molecule has 1 spiro atoms. The molecule has 3 aromatic rings. The van der Waals surface area contributed by atoms with Crippen LogP contribution in [-0.4, -0.2) is 53.4 Å². The monoisotopic (exact) mass is 554 g/mol. The zero-order valence-electron chi connectivity index (χ0n) is 23.9. The van der Waals surface area contributed by atoms with Crippen LogP contribution in [-0.2, 0) is 13.0 Å². The number of likely N-dealkylation sites (tertiary alicyclic amines) is 2. The van der Waals surface area contributed by atoms with Crippen molar-refractivity contribution >= 4 is 17.5 Å². The van der Waals surface area contributed by atoms with E-state index in [2.05, 4.69) is 42.3 Å². The highest BCUT2D eigenvalue weighted by molar-refractivity contribution is 6.08. The summed E-state index contributed by atoms with van der Waals surface area (Å²) < 4.78 is 6.89. The molecule has 41 heavy (non-hydrogen) atoms. The first kappa shape index (κ1) is 27.3. The molecular weight excluding hydrogens is 516 g/mol. The highest BCUT2D eigenvalue weighted by Gasteiger charge is 2.39. The van der Waals surface area contributed by atoms with Crippen LogP contribution in [0.5, 0.6) is 5.75 Å². The van der Waals surface area contributed by atoms with Gasteiger partial charge in [0.15, 0.2) is 12.4 Å². The fraction of sp³-hybridized carbons (Fsp3) is 0.424. The van der Waals surface area contributed by atoms with E-state index in [4.69, 9.17) is 4.74 Å². The van der Waals surface area contributed by atoms with Crippen LogP contribution in [0.25, 0.3) is 0 Å². The van der Waals surface area contributed by atoms with Crippen LogP contribution in [0.4, 0.5) is 5.69 Å². The van der Waals surface area contributed by atoms with Gasteiger partial charge in [-0.3, -0.25) is 14.5 Å². The molecule has 3 aliphatic rings. The summed E-state index contributed by atoms with van der Waals surface area (Å²) in [7, 11) is 0. The Morgan fingerprint density at radius 2 is 1.68 bits per heavy atom. The second kappa shape index (κ2) is 10.8. The zero-order chi connectivity index (χ0) is 28.6. The quantitative estimate of drug-likeness (QED) is 0.362. The fourth-order valence-corrected chi connectivity index (χ4v) is 6.65. The molecule has 6 rings (SSSR count). The summed E-state index contributed by atoms with van der Waals surface area (Å²) in [5.74, 6) is 0.593. The van der Waals surface area contributed by atoms with Gasteiger partial charge in [0, 0.05) is 37.7 Å². The molecule has 0 saturated carbocycles. The number of para-hydroxylation sites is 2. The maximum atomic E-state index is 13.6. The van der Waals surface area contributed by atoms with Crippen LogP contribution >= 0.6 is 0 Å². The van der Waals surface area contributed by atoms with Crippen molar-refractivity contribution in [2.24, 2.45) is 5.41 Å². The summed E-state index contributed by atoms with van der Waals surface area (Å²) in [6.45, 7) is 8.76. The van der Waals surface area contributed by atoms with Gasteiger partial charge < -0.3 is 20.2 Å². The number of ether oxygens (including phenoxy) is 1. The minimum atomic E-state index is -0.421. The molecule has 0 aliphatic carbocycles. The molecule has 0 atom stereocenters. The van der Waals surface area contributed by atoms with Crippen molar-refractivity contribution in [3.8, 4) is 5.75 Å². The summed E-state index contributed by atoms with van der Waals surface area (Å²) in [4.78, 5) is 30.8. The van der Waals surface area contributed by atoms with Gasteiger partial charge in [-0.1, -0.05) is 30.3 Å². The Hall–Kier alpha value is -3.91. The number of anilines is 1. The number of hydrogen-bond donors (Lipinski definition) is 1. The van der Waals surface area contributed by atoms with Gasteiger partial charge in [0.1, 0.15) is 16.9 Å². The number of nitrogens with one attached hydrogen (secondary N) is 1. The summed E-state index contributed by atoms with van der Waals surface area (Å²) in [5, 5.41) is 14.4. The first-order valence-corrected chi connectivity index (χ1v) is 14.6. The van der Waals surface area contributed by atoms with Crippen molar-refractivity contribution in [2.75, 3.05) is 31.5 Å². The van der Waals surface area contributed by atoms with E-state index in [-0.39, 0.29) is 22.5 Å². The van der Waals surface area contributed by atoms with Crippen LogP contribution in [0.1, 0.15) is 71.4 Å². The maximum Gasteiger partial charge on any atom is 0.261 e. The van der Waals surface area contributed by atoms with Gasteiger partial charge in [-0.25, -0.2) is 0 Å². The predicted molar refractivity (Wildman–Crippen MR) is 157 cm³/mol. The Labute approximate surface area is 241 Å². The van der Waals surface area contributed by atoms with Crippen molar-refractivity contribution in [3.05, 3.63) is 94.5 Å². The fourth-order valence-electron chi connectivity index (χ4n) is 6.65. The van der Waals surface area contributed by atoms with Crippen molar-refractivity contribution in [1.29, 1.82) is 0 Å². The lowest BCUT2D eigenvalue weighted by Crippen LogP contribution is -2.48. The van der Waals surface area contributed by atoms with Crippen molar-refractivity contribution < 1.29 is 19.1 Å². The van der Waals surface area contributed by atoms with Gasteiger partial charge in [-0.2, -0.15) is 4.73 Å². The molecule has 2 amide bonds. The van der Waals surface area contributed by atoms with Crippen LogP contribution in [0.15, 0.2) is 67.0 Å². The average molecular weight is 555 g/mol. The zero-order valence-corrected chi connectivity index (χ0v) is 23.9. The van der Waals surface area contributed by atoms with Crippen LogP contribution in [0.2, 0.25) is 0 Å². The molecule has 0 bridgehead atoms. The van der Waals surface area contributed by atoms with E-state index in [1.165, 1.54) is 29.6 Å². The van der Waals surface area contributed by atoms with Gasteiger partial charge in [0.05, 0.1) is 11.3 Å². The highest BCUT2D eigenvalue weighted by atomic mass is 16.5. The lowest BCUT2D eigenvalue weighted by Gasteiger charge is -2.47. The molecule has 1 N–H and O–H groups in total. The number of nitrogens with zero attached hydrogens (tertiary/aromatic N) is 3. The Balaban J connectivity index is 1.05. The van der Waals surface area contributed by atoms with Crippen molar-refractivity contribution in [3.63, 3.8) is 0 Å². The third-order valence-corrected chi connectivity index (χ3v) is 9.04. The standard InChI is InChI=1S/C33H38N4O4/c1-32(2)21-24-7-5-8-25(29(24)41-32)22-35-17-12-33(13-18-35)14-19-36(20-15-33)31(39)27-10-3-4-11-28(27)34-30(38)26-9-6-16-37(40)23-26/h3-11,16,23H,12-15,17-22H2,1-2H3,(H,34,38). The van der Waals surface area contributed by atoms with E-state index in [1.54, 1.807) is 24.3 Å². The normalized spacial score (nSPS) is 19.4. The number of aromatic nitrogens is 1. The second-order valence-electron chi connectivity index (χ2n) is 12.5. The molecule has 8 nitrogen and oxygen atoms in total. The van der Waals surface area contributed by atoms with E-state index < -0.39 is 5.91 Å². The van der Waals surface area contributed by atoms with Crippen molar-refractivity contribution in [2.45, 2.75) is 58.1 Å². The highest BCUT2D eigenvalue weighted by Crippen LogP contribution is 2.43. The number of amides is 2. The molecule has 2 saturated heterocycles. The topological polar surface area (TPSA) is 88.8 Å². The summed E-state index contributed by atoms with van der Waals surface area (Å²) >= 11 is 0. The smallest absolute Gasteiger partial charge is 0.261 e. The number of rotatable bonds is 5. The molecular formula is C33H38N4O4. The molecule has 1 aromatic heterocycles. The molecule has 8 heteroatoms. The number of hydrogen-bond acceptors (Lipinski definition) is 5. The van der Waals surface area contributed by atoms with E-state index >= 15 is 0 Å². The number of carbonyl (C=O) groups is 2. The first-order valence-electron chi connectivity index (χ1n) is 14.6. The molecule has 2 fully saturated rings. The summed E-state index contributed by atoms with van der Waals surface area (Å²) in [6, 6.07) is 16.7. The van der Waals surface area contributed by atoms with Crippen LogP contribution < -0.4 is 14.8 Å². The maximum absolute atomic E-state index is 13.6. The van der Waals surface area contributed by atoms with Crippen LogP contribution in [0.3, 0.4) is 0 Å². The van der Waals surface area contributed by atoms with Crippen LogP contribution in [0, 0.1) is 10.6 Å². The molecule has 4 heterocycles. The summed E-state index contributed by atoms with van der Waals surface area (Å²) in [5.41, 5.74) is 3.91. The SMILES string of the molecule is CC1(C)Cc2cccc(CN3CCC4(CC3)CCN(C(=O)c3ccccc3NC(=O)c3ccc[n+]([O-])c3)CC4)c2O1. The minimum absolute atomic E-state index is 0.0685. The largest absolute Gasteiger partial charge is 0.619 e. The Morgan fingerprint density at radius 3 is 2.44 bits per heavy atom. The number of piperidine rings is 2. The Bertz CT molecular complexity index is 1450. The number of pyridine rings is 1. The average Bonchev–Trinajstić information content (AvgIpc) is 3.29. The van der Waals surface area contributed by atoms with E-state index in [1.807, 2.05) is 11.0 Å². The molecule has 2 aromatic carbocycles. The second-order valence-corrected chi connectivity index (χ2v) is 12.5. The van der Waals surface area contributed by atoms with E-state index in [0.29, 0.717) is 29.1 Å². The van der Waals surface area contributed by atoms with Gasteiger partial charge in [-0.05, 0) is 81.8 Å². The number of fused-ring (bicyclic) bond motifs is 1. The van der Waals surface area contributed by atoms with Gasteiger partial charge in [0.2, 0.25) is 0 Å². The third-order valence-electron chi connectivity index (χ3n) is 9.04. The molecule has 3 aliphatic heterocycles. The molecule has 0 radical (unpaired) electrons. The molecule has 0 unspecified atom stereocenters. The number of carbonyl (C=O) groups excluding carboxylic acids is 2. The van der Waals surface area contributed by atoms with E-state index in [0.717, 1.165) is 57.5 Å². The van der Waals surface area contributed by atoms with Gasteiger partial charge in [-0.15, -0.1) is 0 Å².